The van der Waals surface area contributed by atoms with Crippen molar-refractivity contribution >= 4 is 17.5 Å². The molecule has 3 aromatic rings. The lowest BCUT2D eigenvalue weighted by molar-refractivity contribution is 0.1000. The maximum atomic E-state index is 11.2. The monoisotopic (exact) mass is 290 g/mol. The molecule has 0 unspecified atom stereocenters. The standard InChI is InChI=1S/C17H14N4O/c18-17(22)13-8-9-19-16(10-13)21-15-7-6-14(11-20-15)12-4-2-1-3-5-12/h1-11H,(H2,18,22)(H,19,20,21). The van der Waals surface area contributed by atoms with Crippen molar-refractivity contribution in [2.45, 2.75) is 0 Å². The van der Waals surface area contributed by atoms with Crippen LogP contribution in [-0.2, 0) is 0 Å². The third-order valence-corrected chi connectivity index (χ3v) is 3.17. The van der Waals surface area contributed by atoms with E-state index in [-0.39, 0.29) is 0 Å². The van der Waals surface area contributed by atoms with E-state index in [2.05, 4.69) is 15.3 Å². The number of carbonyl (C=O) groups excluding carboxylic acids is 1. The Morgan fingerprint density at radius 3 is 2.41 bits per heavy atom. The van der Waals surface area contributed by atoms with Crippen molar-refractivity contribution in [2.24, 2.45) is 5.73 Å². The quantitative estimate of drug-likeness (QED) is 0.774. The molecule has 5 heteroatoms. The Morgan fingerprint density at radius 2 is 1.73 bits per heavy atom. The maximum absolute atomic E-state index is 11.2. The van der Waals surface area contributed by atoms with E-state index in [1.807, 2.05) is 42.5 Å². The molecule has 0 spiro atoms. The zero-order valence-electron chi connectivity index (χ0n) is 11.7. The van der Waals surface area contributed by atoms with Gasteiger partial charge in [-0.2, -0.15) is 0 Å². The summed E-state index contributed by atoms with van der Waals surface area (Å²) in [5.41, 5.74) is 7.79. The highest BCUT2D eigenvalue weighted by Crippen LogP contribution is 2.20. The summed E-state index contributed by atoms with van der Waals surface area (Å²) in [5.74, 6) is 0.683. The van der Waals surface area contributed by atoms with Crippen molar-refractivity contribution in [1.82, 2.24) is 9.97 Å². The summed E-state index contributed by atoms with van der Waals surface area (Å²) in [6, 6.07) is 17.0. The fraction of sp³-hybridized carbons (Fsp3) is 0. The van der Waals surface area contributed by atoms with Gasteiger partial charge in [0.15, 0.2) is 0 Å². The number of aromatic nitrogens is 2. The molecule has 2 aromatic heterocycles. The van der Waals surface area contributed by atoms with Crippen LogP contribution >= 0.6 is 0 Å². The van der Waals surface area contributed by atoms with Crippen LogP contribution in [-0.4, -0.2) is 15.9 Å². The zero-order valence-corrected chi connectivity index (χ0v) is 11.7. The van der Waals surface area contributed by atoms with Gasteiger partial charge in [-0.1, -0.05) is 30.3 Å². The number of hydrogen-bond donors (Lipinski definition) is 2. The molecule has 1 aromatic carbocycles. The molecule has 3 N–H and O–H groups in total. The Balaban J connectivity index is 1.79. The number of carbonyl (C=O) groups is 1. The fourth-order valence-corrected chi connectivity index (χ4v) is 2.05. The van der Waals surface area contributed by atoms with Crippen molar-refractivity contribution in [1.29, 1.82) is 0 Å². The van der Waals surface area contributed by atoms with Crippen molar-refractivity contribution in [3.8, 4) is 11.1 Å². The van der Waals surface area contributed by atoms with E-state index >= 15 is 0 Å². The molecule has 0 aliphatic carbocycles. The zero-order chi connectivity index (χ0) is 15.4. The summed E-state index contributed by atoms with van der Waals surface area (Å²) in [6.45, 7) is 0. The number of anilines is 2. The largest absolute Gasteiger partial charge is 0.366 e. The molecule has 0 atom stereocenters. The van der Waals surface area contributed by atoms with Crippen LogP contribution in [0, 0.1) is 0 Å². The van der Waals surface area contributed by atoms with Crippen LogP contribution in [0.15, 0.2) is 67.0 Å². The van der Waals surface area contributed by atoms with Crippen LogP contribution in [0.2, 0.25) is 0 Å². The molecule has 0 fully saturated rings. The Hall–Kier alpha value is -3.21. The highest BCUT2D eigenvalue weighted by Gasteiger charge is 2.04. The third-order valence-electron chi connectivity index (χ3n) is 3.17. The minimum absolute atomic E-state index is 0.401. The SMILES string of the molecule is NC(=O)c1ccnc(Nc2ccc(-c3ccccc3)cn2)c1. The summed E-state index contributed by atoms with van der Waals surface area (Å²) < 4.78 is 0. The first kappa shape index (κ1) is 13.8. The van der Waals surface area contributed by atoms with E-state index in [0.717, 1.165) is 11.1 Å². The van der Waals surface area contributed by atoms with Gasteiger partial charge in [0.25, 0.3) is 0 Å². The van der Waals surface area contributed by atoms with Crippen molar-refractivity contribution in [2.75, 3.05) is 5.32 Å². The average Bonchev–Trinajstić information content (AvgIpc) is 2.56. The van der Waals surface area contributed by atoms with Crippen molar-refractivity contribution in [3.63, 3.8) is 0 Å². The lowest BCUT2D eigenvalue weighted by Gasteiger charge is -2.07. The first-order valence-corrected chi connectivity index (χ1v) is 6.77. The number of nitrogens with zero attached hydrogens (tertiary/aromatic N) is 2. The third kappa shape index (κ3) is 3.09. The lowest BCUT2D eigenvalue weighted by Crippen LogP contribution is -2.11. The minimum atomic E-state index is -0.488. The van der Waals surface area contributed by atoms with Gasteiger partial charge in [0, 0.05) is 23.5 Å². The predicted molar refractivity (Wildman–Crippen MR) is 85.7 cm³/mol. The molecule has 1 amide bonds. The number of benzene rings is 1. The lowest BCUT2D eigenvalue weighted by atomic mass is 10.1. The number of primary amides is 1. The Bertz CT molecular complexity index is 785. The molecule has 0 saturated heterocycles. The number of hydrogen-bond acceptors (Lipinski definition) is 4. The first-order chi connectivity index (χ1) is 10.7. The number of rotatable bonds is 4. The second-order valence-corrected chi connectivity index (χ2v) is 4.72. The summed E-state index contributed by atoms with van der Waals surface area (Å²) in [5, 5.41) is 3.05. The van der Waals surface area contributed by atoms with E-state index in [0.29, 0.717) is 17.2 Å². The molecule has 0 aliphatic heterocycles. The first-order valence-electron chi connectivity index (χ1n) is 6.77. The van der Waals surface area contributed by atoms with Crippen LogP contribution in [0.5, 0.6) is 0 Å². The minimum Gasteiger partial charge on any atom is -0.366 e. The highest BCUT2D eigenvalue weighted by atomic mass is 16.1. The molecule has 0 bridgehead atoms. The van der Waals surface area contributed by atoms with E-state index in [4.69, 9.17) is 5.73 Å². The van der Waals surface area contributed by atoms with Gasteiger partial charge >= 0.3 is 0 Å². The van der Waals surface area contributed by atoms with Gasteiger partial charge in [-0.15, -0.1) is 0 Å². The number of pyridine rings is 2. The topological polar surface area (TPSA) is 80.9 Å². The molecule has 0 aliphatic rings. The van der Waals surface area contributed by atoms with Gasteiger partial charge in [0.1, 0.15) is 11.6 Å². The van der Waals surface area contributed by atoms with E-state index in [1.54, 1.807) is 18.3 Å². The normalized spacial score (nSPS) is 10.2. The van der Waals surface area contributed by atoms with Crippen LogP contribution in [0.4, 0.5) is 11.6 Å². The summed E-state index contributed by atoms with van der Waals surface area (Å²) in [6.07, 6.45) is 3.32. The number of nitrogens with two attached hydrogens (primary N) is 1. The molecule has 2 heterocycles. The van der Waals surface area contributed by atoms with Gasteiger partial charge in [0.2, 0.25) is 5.91 Å². The van der Waals surface area contributed by atoms with Crippen molar-refractivity contribution < 1.29 is 4.79 Å². The smallest absolute Gasteiger partial charge is 0.248 e. The van der Waals surface area contributed by atoms with Gasteiger partial charge < -0.3 is 11.1 Å². The van der Waals surface area contributed by atoms with Gasteiger partial charge in [0.05, 0.1) is 0 Å². The van der Waals surface area contributed by atoms with Crippen LogP contribution < -0.4 is 11.1 Å². The summed E-state index contributed by atoms with van der Waals surface area (Å²) in [4.78, 5) is 19.7. The van der Waals surface area contributed by atoms with Crippen LogP contribution in [0.3, 0.4) is 0 Å². The van der Waals surface area contributed by atoms with E-state index in [1.165, 1.54) is 6.20 Å². The molecular weight excluding hydrogens is 276 g/mol. The van der Waals surface area contributed by atoms with E-state index < -0.39 is 5.91 Å². The number of nitrogens with one attached hydrogen (secondary N) is 1. The van der Waals surface area contributed by atoms with Crippen molar-refractivity contribution in [3.05, 3.63) is 72.6 Å². The fourth-order valence-electron chi connectivity index (χ4n) is 2.05. The maximum Gasteiger partial charge on any atom is 0.248 e. The molecule has 0 radical (unpaired) electrons. The highest BCUT2D eigenvalue weighted by molar-refractivity contribution is 5.93. The molecule has 3 rings (SSSR count). The number of amides is 1. The molecular formula is C17H14N4O. The molecule has 22 heavy (non-hydrogen) atoms. The predicted octanol–water partition coefficient (Wildman–Crippen LogP) is 2.99. The molecule has 0 saturated carbocycles. The Kier molecular flexibility index (Phi) is 3.78. The van der Waals surface area contributed by atoms with Crippen LogP contribution in [0.25, 0.3) is 11.1 Å². The Labute approximate surface area is 127 Å². The second-order valence-electron chi connectivity index (χ2n) is 4.72. The summed E-state index contributed by atoms with van der Waals surface area (Å²) >= 11 is 0. The van der Waals surface area contributed by atoms with Gasteiger partial charge in [-0.3, -0.25) is 4.79 Å². The molecule has 5 nitrogen and oxygen atoms in total. The van der Waals surface area contributed by atoms with Crippen LogP contribution in [0.1, 0.15) is 10.4 Å². The van der Waals surface area contributed by atoms with Gasteiger partial charge in [-0.05, 0) is 29.8 Å². The van der Waals surface area contributed by atoms with Gasteiger partial charge in [-0.25, -0.2) is 9.97 Å². The summed E-state index contributed by atoms with van der Waals surface area (Å²) in [7, 11) is 0. The average molecular weight is 290 g/mol. The Morgan fingerprint density at radius 1 is 0.909 bits per heavy atom. The molecule has 108 valence electrons. The second kappa shape index (κ2) is 6.05. The van der Waals surface area contributed by atoms with E-state index in [9.17, 15) is 4.79 Å².